The number of hydrogen-bond donors (Lipinski definition) is 1. The number of aromatic carboxylic acids is 1. The molecule has 5 heteroatoms. The van der Waals surface area contributed by atoms with Crippen molar-refractivity contribution in [2.24, 2.45) is 0 Å². The first kappa shape index (κ1) is 12.7. The van der Waals surface area contributed by atoms with E-state index in [0.29, 0.717) is 0 Å². The second kappa shape index (κ2) is 4.68. The van der Waals surface area contributed by atoms with Gasteiger partial charge < -0.3 is 5.11 Å². The molecule has 0 saturated carbocycles. The third kappa shape index (κ3) is 2.16. The molecule has 0 fully saturated rings. The Bertz CT molecular complexity index is 826. The van der Waals surface area contributed by atoms with Gasteiger partial charge in [-0.3, -0.25) is 0 Å². The molecule has 3 aromatic rings. The SMILES string of the molecule is Cc1cc(F)ccc1-c1nc2ccc(C(=O)O)cc2s1. The second-order valence-electron chi connectivity index (χ2n) is 4.47. The zero-order valence-electron chi connectivity index (χ0n) is 10.6. The van der Waals surface area contributed by atoms with Crippen molar-refractivity contribution in [3.8, 4) is 10.6 Å². The fourth-order valence-corrected chi connectivity index (χ4v) is 3.14. The van der Waals surface area contributed by atoms with Crippen molar-refractivity contribution in [1.82, 2.24) is 4.98 Å². The van der Waals surface area contributed by atoms with Crippen LogP contribution in [0, 0.1) is 12.7 Å². The summed E-state index contributed by atoms with van der Waals surface area (Å²) in [7, 11) is 0. The molecule has 1 heterocycles. The van der Waals surface area contributed by atoms with Gasteiger partial charge in [-0.2, -0.15) is 0 Å². The summed E-state index contributed by atoms with van der Waals surface area (Å²) < 4.78 is 13.9. The van der Waals surface area contributed by atoms with Gasteiger partial charge in [-0.25, -0.2) is 14.2 Å². The van der Waals surface area contributed by atoms with Crippen LogP contribution in [0.2, 0.25) is 0 Å². The molecule has 1 N–H and O–H groups in total. The van der Waals surface area contributed by atoms with E-state index >= 15 is 0 Å². The molecule has 3 nitrogen and oxygen atoms in total. The van der Waals surface area contributed by atoms with Crippen molar-refractivity contribution in [2.75, 3.05) is 0 Å². The minimum atomic E-state index is -0.959. The fourth-order valence-electron chi connectivity index (χ4n) is 2.04. The average Bonchev–Trinajstić information content (AvgIpc) is 2.80. The van der Waals surface area contributed by atoms with E-state index in [1.807, 2.05) is 6.92 Å². The van der Waals surface area contributed by atoms with Crippen LogP contribution in [-0.4, -0.2) is 16.1 Å². The van der Waals surface area contributed by atoms with Crippen LogP contribution >= 0.6 is 11.3 Å². The minimum absolute atomic E-state index is 0.239. The Morgan fingerprint density at radius 1 is 1.25 bits per heavy atom. The number of aryl methyl sites for hydroxylation is 1. The van der Waals surface area contributed by atoms with E-state index in [1.165, 1.54) is 29.5 Å². The number of carbonyl (C=O) groups is 1. The lowest BCUT2D eigenvalue weighted by Gasteiger charge is -2.01. The van der Waals surface area contributed by atoms with Crippen LogP contribution in [0.3, 0.4) is 0 Å². The van der Waals surface area contributed by atoms with Gasteiger partial charge >= 0.3 is 5.97 Å². The first-order valence-electron chi connectivity index (χ1n) is 5.95. The summed E-state index contributed by atoms with van der Waals surface area (Å²) in [6, 6.07) is 9.39. The number of thiazole rings is 1. The number of benzene rings is 2. The highest BCUT2D eigenvalue weighted by atomic mass is 32.1. The van der Waals surface area contributed by atoms with Crippen LogP contribution in [0.1, 0.15) is 15.9 Å². The molecule has 0 aliphatic rings. The van der Waals surface area contributed by atoms with Crippen LogP contribution in [0.25, 0.3) is 20.8 Å². The molecule has 0 unspecified atom stereocenters. The summed E-state index contributed by atoms with van der Waals surface area (Å²) in [5.41, 5.74) is 2.66. The van der Waals surface area contributed by atoms with Crippen LogP contribution in [-0.2, 0) is 0 Å². The lowest BCUT2D eigenvalue weighted by molar-refractivity contribution is 0.0697. The first-order chi connectivity index (χ1) is 9.54. The highest BCUT2D eigenvalue weighted by molar-refractivity contribution is 7.21. The zero-order valence-corrected chi connectivity index (χ0v) is 11.4. The van der Waals surface area contributed by atoms with Crippen molar-refractivity contribution in [1.29, 1.82) is 0 Å². The number of halogens is 1. The molecule has 0 spiro atoms. The lowest BCUT2D eigenvalue weighted by Crippen LogP contribution is -1.94. The number of fused-ring (bicyclic) bond motifs is 1. The molecule has 3 rings (SSSR count). The largest absolute Gasteiger partial charge is 0.478 e. The summed E-state index contributed by atoms with van der Waals surface area (Å²) in [5, 5.41) is 9.75. The Labute approximate surface area is 118 Å². The summed E-state index contributed by atoms with van der Waals surface area (Å²) >= 11 is 1.41. The van der Waals surface area contributed by atoms with Crippen molar-refractivity contribution in [3.63, 3.8) is 0 Å². The minimum Gasteiger partial charge on any atom is -0.478 e. The van der Waals surface area contributed by atoms with Gasteiger partial charge in [-0.1, -0.05) is 0 Å². The van der Waals surface area contributed by atoms with Crippen LogP contribution < -0.4 is 0 Å². The normalized spacial score (nSPS) is 10.9. The van der Waals surface area contributed by atoms with Crippen LogP contribution in [0.5, 0.6) is 0 Å². The average molecular weight is 287 g/mol. The van der Waals surface area contributed by atoms with Crippen molar-refractivity contribution in [3.05, 3.63) is 53.3 Å². The van der Waals surface area contributed by atoms with E-state index < -0.39 is 5.97 Å². The molecule has 0 aliphatic carbocycles. The molecule has 0 atom stereocenters. The van der Waals surface area contributed by atoms with Gasteiger partial charge in [0.05, 0.1) is 15.8 Å². The molecule has 100 valence electrons. The number of nitrogens with zero attached hydrogens (tertiary/aromatic N) is 1. The lowest BCUT2D eigenvalue weighted by atomic mass is 10.1. The maximum Gasteiger partial charge on any atom is 0.335 e. The highest BCUT2D eigenvalue weighted by Crippen LogP contribution is 2.32. The Hall–Kier alpha value is -2.27. The van der Waals surface area contributed by atoms with Gasteiger partial charge in [0.25, 0.3) is 0 Å². The Kier molecular flexibility index (Phi) is 2.99. The second-order valence-corrected chi connectivity index (χ2v) is 5.50. The fraction of sp³-hybridized carbons (Fsp3) is 0.0667. The predicted octanol–water partition coefficient (Wildman–Crippen LogP) is 4.11. The summed E-state index contributed by atoms with van der Waals surface area (Å²) in [6.45, 7) is 1.83. The molecule has 0 aliphatic heterocycles. The van der Waals surface area contributed by atoms with E-state index in [9.17, 15) is 9.18 Å². The Morgan fingerprint density at radius 3 is 2.75 bits per heavy atom. The predicted molar refractivity (Wildman–Crippen MR) is 76.7 cm³/mol. The zero-order chi connectivity index (χ0) is 14.3. The van der Waals surface area contributed by atoms with Crippen molar-refractivity contribution in [2.45, 2.75) is 6.92 Å². The van der Waals surface area contributed by atoms with E-state index in [2.05, 4.69) is 4.98 Å². The number of rotatable bonds is 2. The monoisotopic (exact) mass is 287 g/mol. The molecule has 1 aromatic heterocycles. The summed E-state index contributed by atoms with van der Waals surface area (Å²) in [4.78, 5) is 15.4. The third-order valence-corrected chi connectivity index (χ3v) is 4.11. The number of carboxylic acid groups (broad SMARTS) is 1. The molecule has 20 heavy (non-hydrogen) atoms. The van der Waals surface area contributed by atoms with Gasteiger partial charge in [0.15, 0.2) is 0 Å². The third-order valence-electron chi connectivity index (χ3n) is 3.05. The topological polar surface area (TPSA) is 50.2 Å². The molecule has 2 aromatic carbocycles. The maximum atomic E-state index is 13.1. The summed E-state index contributed by atoms with van der Waals surface area (Å²) in [6.07, 6.45) is 0. The molecule has 0 radical (unpaired) electrons. The Morgan fingerprint density at radius 2 is 2.05 bits per heavy atom. The standard InChI is InChI=1S/C15H10FNO2S/c1-8-6-10(16)3-4-11(8)14-17-12-5-2-9(15(18)19)7-13(12)20-14/h2-7H,1H3,(H,18,19). The molecule has 0 saturated heterocycles. The van der Waals surface area contributed by atoms with Gasteiger partial charge in [-0.05, 0) is 48.9 Å². The number of hydrogen-bond acceptors (Lipinski definition) is 3. The van der Waals surface area contributed by atoms with E-state index in [1.54, 1.807) is 18.2 Å². The Balaban J connectivity index is 2.15. The number of aromatic nitrogens is 1. The van der Waals surface area contributed by atoms with Gasteiger partial charge in [-0.15, -0.1) is 11.3 Å². The number of carboxylic acids is 1. The van der Waals surface area contributed by atoms with Crippen LogP contribution in [0.4, 0.5) is 4.39 Å². The highest BCUT2D eigenvalue weighted by Gasteiger charge is 2.11. The van der Waals surface area contributed by atoms with Gasteiger partial charge in [0, 0.05) is 5.56 Å². The van der Waals surface area contributed by atoms with Crippen LogP contribution in [0.15, 0.2) is 36.4 Å². The van der Waals surface area contributed by atoms with E-state index in [-0.39, 0.29) is 11.4 Å². The quantitative estimate of drug-likeness (QED) is 0.771. The van der Waals surface area contributed by atoms with Crippen molar-refractivity contribution < 1.29 is 14.3 Å². The summed E-state index contributed by atoms with van der Waals surface area (Å²) in [5.74, 6) is -1.24. The molecular formula is C15H10FNO2S. The molecule has 0 bridgehead atoms. The smallest absolute Gasteiger partial charge is 0.335 e. The van der Waals surface area contributed by atoms with Gasteiger partial charge in [0.2, 0.25) is 0 Å². The maximum absolute atomic E-state index is 13.1. The molecular weight excluding hydrogens is 277 g/mol. The van der Waals surface area contributed by atoms with Crippen molar-refractivity contribution >= 4 is 27.5 Å². The van der Waals surface area contributed by atoms with E-state index in [4.69, 9.17) is 5.11 Å². The first-order valence-corrected chi connectivity index (χ1v) is 6.76. The van der Waals surface area contributed by atoms with Gasteiger partial charge in [0.1, 0.15) is 10.8 Å². The van der Waals surface area contributed by atoms with E-state index in [0.717, 1.165) is 26.4 Å². The molecule has 0 amide bonds.